The van der Waals surface area contributed by atoms with Crippen LogP contribution in [0.15, 0.2) is 24.3 Å². The van der Waals surface area contributed by atoms with E-state index < -0.39 is 25.1 Å². The third-order valence-corrected chi connectivity index (χ3v) is 7.66. The number of carbonyl (C=O) groups is 2. The van der Waals surface area contributed by atoms with E-state index in [1.54, 1.807) is 45.0 Å². The van der Waals surface area contributed by atoms with Crippen LogP contribution in [0.1, 0.15) is 73.6 Å². The minimum Gasteiger partial charge on any atom is -0.351 e. The lowest BCUT2D eigenvalue weighted by molar-refractivity contribution is -0.140. The quantitative estimate of drug-likeness (QED) is 0.426. The van der Waals surface area contributed by atoms with E-state index in [-0.39, 0.29) is 25.5 Å². The minimum atomic E-state index is -3.58. The normalized spacial score (nSPS) is 20.0. The third kappa shape index (κ3) is 4.64. The van der Waals surface area contributed by atoms with Crippen LogP contribution >= 0.6 is 7.60 Å². The summed E-state index contributed by atoms with van der Waals surface area (Å²) >= 11 is 0. The standard InChI is InChI=1S/C21H30NO6P/c1-4-26-29(25,27-5-2)15-21(3,28-16-11-7-6-8-12-16)22-19(23)17-13-9-10-14-18(17)20(22)24/h9-10,13-14,16H,4-8,11-12,15H2,1-3H3. The zero-order valence-electron chi connectivity index (χ0n) is 17.4. The molecule has 2 amide bonds. The summed E-state index contributed by atoms with van der Waals surface area (Å²) in [6.45, 7) is 5.49. The first kappa shape index (κ1) is 22.2. The van der Waals surface area contributed by atoms with Crippen molar-refractivity contribution >= 4 is 19.4 Å². The summed E-state index contributed by atoms with van der Waals surface area (Å²) in [4.78, 5) is 27.4. The second kappa shape index (κ2) is 9.09. The Bertz CT molecular complexity index is 761. The molecular formula is C21H30NO6P. The van der Waals surface area contributed by atoms with Crippen LogP contribution in [0.2, 0.25) is 0 Å². The van der Waals surface area contributed by atoms with Crippen LogP contribution in [0.4, 0.5) is 0 Å². The van der Waals surface area contributed by atoms with E-state index in [1.165, 1.54) is 0 Å². The zero-order chi connectivity index (χ0) is 21.1. The van der Waals surface area contributed by atoms with Crippen LogP contribution in [0.25, 0.3) is 0 Å². The molecule has 8 heteroatoms. The van der Waals surface area contributed by atoms with Crippen LogP contribution in [0.3, 0.4) is 0 Å². The predicted octanol–water partition coefficient (Wildman–Crippen LogP) is 4.61. The van der Waals surface area contributed by atoms with Gasteiger partial charge in [-0.15, -0.1) is 0 Å². The van der Waals surface area contributed by atoms with Crippen LogP contribution < -0.4 is 0 Å². The Morgan fingerprint density at radius 2 is 1.52 bits per heavy atom. The molecule has 0 bridgehead atoms. The molecule has 1 aromatic carbocycles. The monoisotopic (exact) mass is 423 g/mol. The summed E-state index contributed by atoms with van der Waals surface area (Å²) in [7, 11) is -3.58. The third-order valence-electron chi connectivity index (χ3n) is 5.38. The average Bonchev–Trinajstić information content (AvgIpc) is 2.94. The Hall–Kier alpha value is -1.53. The lowest BCUT2D eigenvalue weighted by Crippen LogP contribution is -2.55. The molecule has 1 aromatic rings. The molecule has 29 heavy (non-hydrogen) atoms. The van der Waals surface area contributed by atoms with Crippen molar-refractivity contribution in [2.24, 2.45) is 0 Å². The molecule has 1 fully saturated rings. The maximum Gasteiger partial charge on any atom is 0.335 e. The Morgan fingerprint density at radius 1 is 1.00 bits per heavy atom. The highest BCUT2D eigenvalue weighted by molar-refractivity contribution is 7.53. The van der Waals surface area contributed by atoms with E-state index in [0.29, 0.717) is 11.1 Å². The molecule has 3 rings (SSSR count). The molecule has 1 unspecified atom stereocenters. The maximum absolute atomic E-state index is 13.3. The smallest absolute Gasteiger partial charge is 0.335 e. The molecular weight excluding hydrogens is 393 g/mol. The van der Waals surface area contributed by atoms with Gasteiger partial charge >= 0.3 is 7.60 Å². The van der Waals surface area contributed by atoms with Crippen molar-refractivity contribution in [3.05, 3.63) is 35.4 Å². The van der Waals surface area contributed by atoms with Gasteiger partial charge in [0.1, 0.15) is 0 Å². The Kier molecular flexibility index (Phi) is 6.94. The van der Waals surface area contributed by atoms with E-state index >= 15 is 0 Å². The van der Waals surface area contributed by atoms with Crippen LogP contribution in [0, 0.1) is 0 Å². The van der Waals surface area contributed by atoms with Crippen molar-refractivity contribution in [1.82, 2.24) is 4.90 Å². The van der Waals surface area contributed by atoms with Crippen molar-refractivity contribution in [3.8, 4) is 0 Å². The number of ether oxygens (including phenoxy) is 1. The molecule has 0 N–H and O–H groups in total. The molecule has 1 aliphatic carbocycles. The maximum atomic E-state index is 13.3. The topological polar surface area (TPSA) is 82.1 Å². The first-order chi connectivity index (χ1) is 13.8. The number of imide groups is 1. The SMILES string of the molecule is CCOP(=O)(CC(C)(OC1CCCCC1)N1C(=O)c2ccccc2C1=O)OCC. The van der Waals surface area contributed by atoms with Gasteiger partial charge in [0.25, 0.3) is 11.8 Å². The van der Waals surface area contributed by atoms with Crippen molar-refractivity contribution in [1.29, 1.82) is 0 Å². The Balaban J connectivity index is 1.97. The van der Waals surface area contributed by atoms with Gasteiger partial charge in [0.2, 0.25) is 0 Å². The summed E-state index contributed by atoms with van der Waals surface area (Å²) in [6.07, 6.45) is 4.55. The highest BCUT2D eigenvalue weighted by Crippen LogP contribution is 2.53. The number of amides is 2. The molecule has 1 saturated carbocycles. The van der Waals surface area contributed by atoms with Crippen LogP contribution in [-0.2, 0) is 18.3 Å². The molecule has 160 valence electrons. The summed E-state index contributed by atoms with van der Waals surface area (Å²) < 4.78 is 30.6. The summed E-state index contributed by atoms with van der Waals surface area (Å²) in [5.74, 6) is -0.882. The number of hydrogen-bond acceptors (Lipinski definition) is 6. The van der Waals surface area contributed by atoms with Gasteiger partial charge in [0.15, 0.2) is 5.72 Å². The molecule has 0 radical (unpaired) electrons. The number of hydrogen-bond donors (Lipinski definition) is 0. The van der Waals surface area contributed by atoms with E-state index in [1.807, 2.05) is 0 Å². The van der Waals surface area contributed by atoms with Gasteiger partial charge in [0, 0.05) is 0 Å². The second-order valence-electron chi connectivity index (χ2n) is 7.65. The molecule has 7 nitrogen and oxygen atoms in total. The number of carbonyl (C=O) groups excluding carboxylic acids is 2. The molecule has 1 atom stereocenters. The number of rotatable bonds is 9. The lowest BCUT2D eigenvalue weighted by Gasteiger charge is -2.41. The molecule has 1 heterocycles. The summed E-state index contributed by atoms with van der Waals surface area (Å²) in [6, 6.07) is 6.69. The van der Waals surface area contributed by atoms with Gasteiger partial charge in [-0.25, -0.2) is 4.90 Å². The van der Waals surface area contributed by atoms with E-state index in [4.69, 9.17) is 13.8 Å². The van der Waals surface area contributed by atoms with Crippen molar-refractivity contribution in [2.75, 3.05) is 19.4 Å². The predicted molar refractivity (Wildman–Crippen MR) is 109 cm³/mol. The highest BCUT2D eigenvalue weighted by Gasteiger charge is 2.52. The highest BCUT2D eigenvalue weighted by atomic mass is 31.2. The molecule has 0 saturated heterocycles. The molecule has 0 spiro atoms. The fraction of sp³-hybridized carbons (Fsp3) is 0.619. The van der Waals surface area contributed by atoms with Crippen LogP contribution in [-0.4, -0.2) is 47.9 Å². The summed E-state index contributed by atoms with van der Waals surface area (Å²) in [5.41, 5.74) is -0.771. The number of fused-ring (bicyclic) bond motifs is 1. The van der Waals surface area contributed by atoms with Gasteiger partial charge in [-0.2, -0.15) is 0 Å². The minimum absolute atomic E-state index is 0.116. The van der Waals surface area contributed by atoms with E-state index in [0.717, 1.165) is 37.0 Å². The van der Waals surface area contributed by atoms with Gasteiger partial charge < -0.3 is 13.8 Å². The molecule has 0 aromatic heterocycles. The van der Waals surface area contributed by atoms with Crippen LogP contribution in [0.5, 0.6) is 0 Å². The van der Waals surface area contributed by atoms with Crippen molar-refractivity contribution in [2.45, 2.75) is 64.7 Å². The molecule has 2 aliphatic rings. The van der Waals surface area contributed by atoms with Gasteiger partial charge in [-0.3, -0.25) is 14.2 Å². The lowest BCUT2D eigenvalue weighted by atomic mass is 9.97. The Labute approximate surface area is 172 Å². The first-order valence-corrected chi connectivity index (χ1v) is 12.1. The Morgan fingerprint density at radius 3 is 2.00 bits per heavy atom. The fourth-order valence-corrected chi connectivity index (χ4v) is 6.18. The van der Waals surface area contributed by atoms with Crippen molar-refractivity contribution < 1.29 is 27.9 Å². The molecule has 1 aliphatic heterocycles. The van der Waals surface area contributed by atoms with Gasteiger partial charge in [-0.1, -0.05) is 31.4 Å². The fourth-order valence-electron chi connectivity index (χ4n) is 4.20. The average molecular weight is 423 g/mol. The second-order valence-corrected chi connectivity index (χ2v) is 9.70. The largest absolute Gasteiger partial charge is 0.351 e. The van der Waals surface area contributed by atoms with Gasteiger partial charge in [-0.05, 0) is 45.7 Å². The summed E-state index contributed by atoms with van der Waals surface area (Å²) in [5, 5.41) is 0. The number of nitrogens with zero attached hydrogens (tertiary/aromatic N) is 1. The number of benzene rings is 1. The zero-order valence-corrected chi connectivity index (χ0v) is 18.3. The van der Waals surface area contributed by atoms with E-state index in [2.05, 4.69) is 0 Å². The van der Waals surface area contributed by atoms with E-state index in [9.17, 15) is 14.2 Å². The van der Waals surface area contributed by atoms with Crippen molar-refractivity contribution in [3.63, 3.8) is 0 Å². The van der Waals surface area contributed by atoms with Gasteiger partial charge in [0.05, 0.1) is 36.6 Å². The first-order valence-electron chi connectivity index (χ1n) is 10.4.